The smallest absolute Gasteiger partial charge is 0.00135 e. The Balaban J connectivity index is 0.0000000992. The van der Waals surface area contributed by atoms with Gasteiger partial charge >= 0.3 is 0 Å². The molecule has 0 unspecified atom stereocenters. The van der Waals surface area contributed by atoms with Gasteiger partial charge < -0.3 is 0 Å². The minimum Gasteiger partial charge on any atom is -0.0623 e. The lowest BCUT2D eigenvalue weighted by molar-refractivity contribution is 1.02. The molecule has 264 valence electrons. The summed E-state index contributed by atoms with van der Waals surface area (Å²) in [6.45, 7) is 0. The first kappa shape index (κ1) is 35.3. The van der Waals surface area contributed by atoms with Gasteiger partial charge in [-0.2, -0.15) is 0 Å². The van der Waals surface area contributed by atoms with Crippen molar-refractivity contribution in [1.29, 1.82) is 0 Å². The van der Waals surface area contributed by atoms with Crippen molar-refractivity contribution in [1.82, 2.24) is 0 Å². The molecule has 55 heavy (non-hydrogen) atoms. The molecule has 0 fully saturated rings. The summed E-state index contributed by atoms with van der Waals surface area (Å²) in [6.07, 6.45) is 3.57. The molecule has 10 aromatic rings. The molecule has 0 aromatic heterocycles. The second-order valence-corrected chi connectivity index (χ2v) is 14.0. The highest BCUT2D eigenvalue weighted by atomic mass is 14.2. The van der Waals surface area contributed by atoms with Crippen molar-refractivity contribution >= 4 is 43.1 Å². The van der Waals surface area contributed by atoms with Gasteiger partial charge in [0.15, 0.2) is 0 Å². The third kappa shape index (κ3) is 8.57. The third-order valence-electron chi connectivity index (χ3n) is 10.4. The molecular weight excluding hydrogens is 661 g/mol. The second kappa shape index (κ2) is 17.4. The summed E-state index contributed by atoms with van der Waals surface area (Å²) < 4.78 is 0. The van der Waals surface area contributed by atoms with E-state index in [1.165, 1.54) is 89.3 Å². The standard InChI is InChI=1S/C14H10.C13H10.C12H10.C10H8.C6H6/c1-2-6-12-10-14-8-4-3-7-13(14)9-11(12)5-1;1-3-7-12-10(5-1)9-11-6-2-4-8-13(11)12;1-3-9-4-2-6-11-8-7-10(5-1)12(9)11;1-2-6-10-8-4-3-7-9(10)5-1;1-2-4-6-5-3-1/h1-10H;1-8H,9H2;1-6H,7-8H2;1-8H;1-6H. The van der Waals surface area contributed by atoms with E-state index in [4.69, 9.17) is 0 Å². The fourth-order valence-electron chi connectivity index (χ4n) is 7.67. The van der Waals surface area contributed by atoms with Crippen LogP contribution in [-0.2, 0) is 19.3 Å². The van der Waals surface area contributed by atoms with Gasteiger partial charge in [0, 0.05) is 0 Å². The van der Waals surface area contributed by atoms with E-state index in [9.17, 15) is 0 Å². The Bertz CT molecular complexity index is 2510. The van der Waals surface area contributed by atoms with Crippen molar-refractivity contribution in [2.75, 3.05) is 0 Å². The zero-order valence-electron chi connectivity index (χ0n) is 31.1. The Hall–Kier alpha value is -6.76. The summed E-state index contributed by atoms with van der Waals surface area (Å²) in [5.74, 6) is 0. The summed E-state index contributed by atoms with van der Waals surface area (Å²) in [5.41, 5.74) is 8.81. The molecule has 12 rings (SSSR count). The van der Waals surface area contributed by atoms with E-state index < -0.39 is 0 Å². The van der Waals surface area contributed by atoms with E-state index in [0.717, 1.165) is 6.42 Å². The van der Waals surface area contributed by atoms with Crippen LogP contribution < -0.4 is 0 Å². The third-order valence-corrected chi connectivity index (χ3v) is 10.4. The molecule has 0 bridgehead atoms. The first-order valence-electron chi connectivity index (χ1n) is 19.3. The van der Waals surface area contributed by atoms with Crippen molar-refractivity contribution in [2.45, 2.75) is 19.3 Å². The lowest BCUT2D eigenvalue weighted by Crippen LogP contribution is -1.77. The van der Waals surface area contributed by atoms with E-state index in [-0.39, 0.29) is 0 Å². The molecule has 10 aromatic carbocycles. The zero-order valence-corrected chi connectivity index (χ0v) is 31.1. The minimum atomic E-state index is 1.10. The van der Waals surface area contributed by atoms with Gasteiger partial charge in [0.05, 0.1) is 0 Å². The van der Waals surface area contributed by atoms with Gasteiger partial charge in [0.25, 0.3) is 0 Å². The molecule has 0 saturated heterocycles. The molecule has 2 aliphatic rings. The average Bonchev–Trinajstić information content (AvgIpc) is 3.87. The molecule has 0 heteroatoms. The summed E-state index contributed by atoms with van der Waals surface area (Å²) in [5, 5.41) is 10.8. The summed E-state index contributed by atoms with van der Waals surface area (Å²) in [4.78, 5) is 0. The molecule has 0 atom stereocenters. The number of rotatable bonds is 0. The van der Waals surface area contributed by atoms with Crippen LogP contribution in [0.4, 0.5) is 0 Å². The molecule has 0 nitrogen and oxygen atoms in total. The summed E-state index contributed by atoms with van der Waals surface area (Å²) in [7, 11) is 0. The average molecular weight is 705 g/mol. The highest BCUT2D eigenvalue weighted by Crippen LogP contribution is 2.35. The molecule has 0 aliphatic heterocycles. The van der Waals surface area contributed by atoms with Crippen LogP contribution in [0.15, 0.2) is 231 Å². The van der Waals surface area contributed by atoms with Gasteiger partial charge in [-0.3, -0.25) is 0 Å². The minimum absolute atomic E-state index is 1.10. The molecule has 0 N–H and O–H groups in total. The number of hydrogen-bond donors (Lipinski definition) is 0. The number of fused-ring (bicyclic) bond motifs is 6. The maximum atomic E-state index is 2.25. The first-order chi connectivity index (χ1) is 27.3. The molecular formula is C55H44. The second-order valence-electron chi connectivity index (χ2n) is 14.0. The Kier molecular flexibility index (Phi) is 11.1. The predicted molar refractivity (Wildman–Crippen MR) is 238 cm³/mol. The maximum absolute atomic E-state index is 2.25. The summed E-state index contributed by atoms with van der Waals surface area (Å²) in [6, 6.07) is 80.7. The van der Waals surface area contributed by atoms with E-state index in [1.54, 1.807) is 0 Å². The van der Waals surface area contributed by atoms with E-state index in [0.29, 0.717) is 0 Å². The first-order valence-corrected chi connectivity index (χ1v) is 19.3. The lowest BCUT2D eigenvalue weighted by Gasteiger charge is -2.00. The van der Waals surface area contributed by atoms with Gasteiger partial charge in [0.1, 0.15) is 0 Å². The SMILES string of the molecule is c1cc2c3c(cccc3c1)CC2.c1ccc2c(c1)Cc1ccccc1-2.c1ccc2cc3ccccc3cc2c1.c1ccc2ccccc2c1.c1ccccc1. The largest absolute Gasteiger partial charge is 0.0623 e. The highest BCUT2D eigenvalue weighted by molar-refractivity contribution is 5.98. The van der Waals surface area contributed by atoms with Crippen molar-refractivity contribution < 1.29 is 0 Å². The molecule has 0 amide bonds. The summed E-state index contributed by atoms with van der Waals surface area (Å²) >= 11 is 0. The number of aryl methyl sites for hydroxylation is 2. The van der Waals surface area contributed by atoms with E-state index in [1.807, 2.05) is 36.4 Å². The van der Waals surface area contributed by atoms with Crippen LogP contribution in [0.25, 0.3) is 54.2 Å². The number of benzene rings is 10. The van der Waals surface area contributed by atoms with E-state index >= 15 is 0 Å². The Morgan fingerprint density at radius 2 is 0.509 bits per heavy atom. The van der Waals surface area contributed by atoms with Gasteiger partial charge in [0.2, 0.25) is 0 Å². The molecule has 0 heterocycles. The van der Waals surface area contributed by atoms with Crippen molar-refractivity contribution in [3.8, 4) is 11.1 Å². The molecule has 2 aliphatic carbocycles. The van der Waals surface area contributed by atoms with Crippen LogP contribution >= 0.6 is 0 Å². The maximum Gasteiger partial charge on any atom is -0.00135 e. The van der Waals surface area contributed by atoms with Crippen LogP contribution in [0.1, 0.15) is 22.3 Å². The monoisotopic (exact) mass is 704 g/mol. The fraction of sp³-hybridized carbons (Fsp3) is 0.0545. The van der Waals surface area contributed by atoms with Crippen molar-refractivity contribution in [2.24, 2.45) is 0 Å². The molecule has 0 saturated carbocycles. The van der Waals surface area contributed by atoms with Gasteiger partial charge in [-0.1, -0.05) is 218 Å². The number of hydrogen-bond acceptors (Lipinski definition) is 0. The fourth-order valence-corrected chi connectivity index (χ4v) is 7.67. The van der Waals surface area contributed by atoms with Crippen LogP contribution in [0, 0.1) is 0 Å². The molecule has 0 spiro atoms. The lowest BCUT2D eigenvalue weighted by atomic mass is 10.0. The van der Waals surface area contributed by atoms with Gasteiger partial charge in [-0.25, -0.2) is 0 Å². The van der Waals surface area contributed by atoms with Crippen LogP contribution in [0.3, 0.4) is 0 Å². The topological polar surface area (TPSA) is 0 Å². The predicted octanol–water partition coefficient (Wildman–Crippen LogP) is 14.7. The van der Waals surface area contributed by atoms with Gasteiger partial charge in [-0.05, 0) is 108 Å². The van der Waals surface area contributed by atoms with E-state index in [2.05, 4.69) is 194 Å². The zero-order chi connectivity index (χ0) is 37.1. The van der Waals surface area contributed by atoms with Gasteiger partial charge in [-0.15, -0.1) is 0 Å². The van der Waals surface area contributed by atoms with Crippen LogP contribution in [0.5, 0.6) is 0 Å². The van der Waals surface area contributed by atoms with Crippen LogP contribution in [-0.4, -0.2) is 0 Å². The van der Waals surface area contributed by atoms with Crippen molar-refractivity contribution in [3.05, 3.63) is 253 Å². The Labute approximate surface area is 325 Å². The Morgan fingerprint density at radius 1 is 0.218 bits per heavy atom. The molecule has 0 radical (unpaired) electrons. The Morgan fingerprint density at radius 3 is 0.891 bits per heavy atom. The normalized spacial score (nSPS) is 11.4. The highest BCUT2D eigenvalue weighted by Gasteiger charge is 2.16. The quantitative estimate of drug-likeness (QED) is 0.138. The van der Waals surface area contributed by atoms with Crippen molar-refractivity contribution in [3.63, 3.8) is 0 Å². The van der Waals surface area contributed by atoms with Crippen LogP contribution in [0.2, 0.25) is 0 Å².